The van der Waals surface area contributed by atoms with E-state index in [-0.39, 0.29) is 18.3 Å². The van der Waals surface area contributed by atoms with Crippen LogP contribution in [0.3, 0.4) is 0 Å². The summed E-state index contributed by atoms with van der Waals surface area (Å²) in [5.74, 6) is 0. The molecule has 0 aromatic carbocycles. The van der Waals surface area contributed by atoms with Gasteiger partial charge in [0.1, 0.15) is 17.8 Å². The first kappa shape index (κ1) is 10.4. The zero-order chi connectivity index (χ0) is 10.3. The summed E-state index contributed by atoms with van der Waals surface area (Å²) in [6, 6.07) is 0. The SMILES string of the molecule is CC[C@@H]1O[C@@]2(C(C)OC)CO[C@@H]1[C@@H]2O. The van der Waals surface area contributed by atoms with Crippen LogP contribution in [0.5, 0.6) is 0 Å². The molecule has 0 aliphatic carbocycles. The Bertz CT molecular complexity index is 220. The number of rotatable bonds is 3. The number of methoxy groups -OCH3 is 1. The van der Waals surface area contributed by atoms with Crippen LogP contribution in [0.4, 0.5) is 0 Å². The third kappa shape index (κ3) is 1.15. The normalized spacial score (nSPS) is 48.4. The quantitative estimate of drug-likeness (QED) is 0.716. The van der Waals surface area contributed by atoms with Gasteiger partial charge in [0.05, 0.1) is 18.8 Å². The summed E-state index contributed by atoms with van der Waals surface area (Å²) in [6.07, 6.45) is 0.00954. The largest absolute Gasteiger partial charge is 0.387 e. The molecule has 0 spiro atoms. The van der Waals surface area contributed by atoms with Crippen molar-refractivity contribution in [2.24, 2.45) is 0 Å². The first-order valence-electron chi connectivity index (χ1n) is 5.16. The standard InChI is InChI=1S/C10H18O4/c1-4-7-8-9(11)10(14-7,5-13-8)6(2)12-3/h6-9,11H,4-5H2,1-3H3/t6?,7-,8-,9-,10+/m0/s1. The van der Waals surface area contributed by atoms with Gasteiger partial charge in [-0.2, -0.15) is 0 Å². The lowest BCUT2D eigenvalue weighted by atomic mass is 9.93. The summed E-state index contributed by atoms with van der Waals surface area (Å²) in [4.78, 5) is 0. The summed E-state index contributed by atoms with van der Waals surface area (Å²) in [5, 5.41) is 10.1. The van der Waals surface area contributed by atoms with E-state index in [1.807, 2.05) is 13.8 Å². The molecule has 0 aromatic heterocycles. The van der Waals surface area contributed by atoms with Crippen molar-refractivity contribution in [2.45, 2.75) is 50.3 Å². The summed E-state index contributed by atoms with van der Waals surface area (Å²) in [6.45, 7) is 4.38. The molecule has 0 radical (unpaired) electrons. The smallest absolute Gasteiger partial charge is 0.146 e. The summed E-state index contributed by atoms with van der Waals surface area (Å²) >= 11 is 0. The van der Waals surface area contributed by atoms with Gasteiger partial charge in [-0.25, -0.2) is 0 Å². The minimum atomic E-state index is -0.639. The molecule has 4 heteroatoms. The van der Waals surface area contributed by atoms with Crippen LogP contribution in [0.1, 0.15) is 20.3 Å². The first-order valence-corrected chi connectivity index (χ1v) is 5.16. The molecule has 1 N–H and O–H groups in total. The highest BCUT2D eigenvalue weighted by Crippen LogP contribution is 2.43. The van der Waals surface area contributed by atoms with Crippen LogP contribution >= 0.6 is 0 Å². The number of fused-ring (bicyclic) bond motifs is 2. The highest BCUT2D eigenvalue weighted by molar-refractivity contribution is 5.10. The highest BCUT2D eigenvalue weighted by atomic mass is 16.7. The Morgan fingerprint density at radius 3 is 2.86 bits per heavy atom. The Hall–Kier alpha value is -0.160. The van der Waals surface area contributed by atoms with Gasteiger partial charge < -0.3 is 19.3 Å². The molecule has 5 atom stereocenters. The summed E-state index contributed by atoms with van der Waals surface area (Å²) in [7, 11) is 1.63. The number of ether oxygens (including phenoxy) is 3. The van der Waals surface area contributed by atoms with Gasteiger partial charge >= 0.3 is 0 Å². The van der Waals surface area contributed by atoms with Crippen LogP contribution in [-0.2, 0) is 14.2 Å². The van der Waals surface area contributed by atoms with Crippen molar-refractivity contribution >= 4 is 0 Å². The van der Waals surface area contributed by atoms with Crippen molar-refractivity contribution in [1.82, 2.24) is 0 Å². The minimum Gasteiger partial charge on any atom is -0.387 e. The van der Waals surface area contributed by atoms with Gasteiger partial charge in [0, 0.05) is 7.11 Å². The third-order valence-corrected chi connectivity index (χ3v) is 3.49. The van der Waals surface area contributed by atoms with E-state index in [4.69, 9.17) is 14.2 Å². The molecule has 0 saturated carbocycles. The van der Waals surface area contributed by atoms with Crippen molar-refractivity contribution < 1.29 is 19.3 Å². The topological polar surface area (TPSA) is 47.9 Å². The molecule has 2 aliphatic heterocycles. The Kier molecular flexibility index (Phi) is 2.55. The second-order valence-electron chi connectivity index (χ2n) is 4.12. The fourth-order valence-electron chi connectivity index (χ4n) is 2.41. The second-order valence-corrected chi connectivity index (χ2v) is 4.12. The maximum atomic E-state index is 10.1. The molecule has 14 heavy (non-hydrogen) atoms. The van der Waals surface area contributed by atoms with Gasteiger partial charge in [-0.15, -0.1) is 0 Å². The van der Waals surface area contributed by atoms with E-state index >= 15 is 0 Å². The van der Waals surface area contributed by atoms with E-state index in [1.165, 1.54) is 0 Å². The van der Waals surface area contributed by atoms with Crippen molar-refractivity contribution in [1.29, 1.82) is 0 Å². The number of hydrogen-bond donors (Lipinski definition) is 1. The highest BCUT2D eigenvalue weighted by Gasteiger charge is 2.63. The van der Waals surface area contributed by atoms with Crippen LogP contribution in [0.2, 0.25) is 0 Å². The van der Waals surface area contributed by atoms with Crippen molar-refractivity contribution in [2.75, 3.05) is 13.7 Å². The van der Waals surface area contributed by atoms with Gasteiger partial charge in [0.15, 0.2) is 0 Å². The van der Waals surface area contributed by atoms with Gasteiger partial charge in [-0.3, -0.25) is 0 Å². The molecule has 4 nitrogen and oxygen atoms in total. The molecule has 2 saturated heterocycles. The lowest BCUT2D eigenvalue weighted by molar-refractivity contribution is -0.190. The van der Waals surface area contributed by atoms with E-state index in [2.05, 4.69) is 0 Å². The summed E-state index contributed by atoms with van der Waals surface area (Å²) < 4.78 is 16.7. The van der Waals surface area contributed by atoms with E-state index in [0.717, 1.165) is 6.42 Å². The van der Waals surface area contributed by atoms with E-state index in [0.29, 0.717) is 6.61 Å². The van der Waals surface area contributed by atoms with E-state index < -0.39 is 11.7 Å². The lowest BCUT2D eigenvalue weighted by Crippen LogP contribution is -2.50. The summed E-state index contributed by atoms with van der Waals surface area (Å²) in [5.41, 5.74) is -0.639. The maximum Gasteiger partial charge on any atom is 0.146 e. The Morgan fingerprint density at radius 1 is 1.64 bits per heavy atom. The molecule has 2 rings (SSSR count). The van der Waals surface area contributed by atoms with E-state index in [1.54, 1.807) is 7.11 Å². The Labute approximate surface area is 84.1 Å². The molecule has 2 aliphatic rings. The average molecular weight is 202 g/mol. The number of hydrogen-bond acceptors (Lipinski definition) is 4. The number of aliphatic hydroxyl groups excluding tert-OH is 1. The molecule has 0 amide bonds. The van der Waals surface area contributed by atoms with Crippen LogP contribution < -0.4 is 0 Å². The molecule has 0 aromatic rings. The van der Waals surface area contributed by atoms with Gasteiger partial charge in [0.2, 0.25) is 0 Å². The van der Waals surface area contributed by atoms with Crippen molar-refractivity contribution in [3.63, 3.8) is 0 Å². The predicted molar refractivity (Wildman–Crippen MR) is 50.1 cm³/mol. The Morgan fingerprint density at radius 2 is 2.36 bits per heavy atom. The molecule has 82 valence electrons. The number of aliphatic hydroxyl groups is 1. The fraction of sp³-hybridized carbons (Fsp3) is 1.00. The minimum absolute atomic E-state index is 0.0105. The van der Waals surface area contributed by atoms with Crippen LogP contribution in [-0.4, -0.2) is 48.8 Å². The van der Waals surface area contributed by atoms with Crippen molar-refractivity contribution in [3.8, 4) is 0 Å². The third-order valence-electron chi connectivity index (χ3n) is 3.49. The average Bonchev–Trinajstić information content (AvgIpc) is 2.69. The van der Waals surface area contributed by atoms with Crippen LogP contribution in [0, 0.1) is 0 Å². The van der Waals surface area contributed by atoms with Gasteiger partial charge in [-0.05, 0) is 13.3 Å². The molecular formula is C10H18O4. The molecule has 2 heterocycles. The molecule has 2 fully saturated rings. The zero-order valence-electron chi connectivity index (χ0n) is 8.90. The van der Waals surface area contributed by atoms with Crippen LogP contribution in [0.25, 0.3) is 0 Å². The van der Waals surface area contributed by atoms with E-state index in [9.17, 15) is 5.11 Å². The predicted octanol–water partition coefficient (Wildman–Crippen LogP) is 0.329. The monoisotopic (exact) mass is 202 g/mol. The maximum absolute atomic E-state index is 10.1. The lowest BCUT2D eigenvalue weighted by Gasteiger charge is -2.34. The Balaban J connectivity index is 2.20. The fourth-order valence-corrected chi connectivity index (χ4v) is 2.41. The molecule has 1 unspecified atom stereocenters. The van der Waals surface area contributed by atoms with Gasteiger partial charge in [-0.1, -0.05) is 6.92 Å². The first-order chi connectivity index (χ1) is 6.65. The van der Waals surface area contributed by atoms with Crippen LogP contribution in [0.15, 0.2) is 0 Å². The second kappa shape index (κ2) is 3.45. The van der Waals surface area contributed by atoms with Crippen molar-refractivity contribution in [3.05, 3.63) is 0 Å². The van der Waals surface area contributed by atoms with Gasteiger partial charge in [0.25, 0.3) is 0 Å². The molecule has 2 bridgehead atoms. The molecular weight excluding hydrogens is 184 g/mol. The zero-order valence-corrected chi connectivity index (χ0v) is 8.90.